The van der Waals surface area contributed by atoms with E-state index in [1.54, 1.807) is 0 Å². The predicted octanol–water partition coefficient (Wildman–Crippen LogP) is 2.41. The van der Waals surface area contributed by atoms with Crippen LogP contribution in [0.4, 0.5) is 14.5 Å². The number of nitrogens with zero attached hydrogens (tertiary/aromatic N) is 1. The first-order valence-corrected chi connectivity index (χ1v) is 6.27. The first-order chi connectivity index (χ1) is 8.68. The Balaban J connectivity index is 1.88. The van der Waals surface area contributed by atoms with Crippen LogP contribution in [0.3, 0.4) is 0 Å². The molecule has 0 spiro atoms. The van der Waals surface area contributed by atoms with Gasteiger partial charge in [-0.15, -0.1) is 0 Å². The molecule has 100 valence electrons. The van der Waals surface area contributed by atoms with Gasteiger partial charge in [-0.1, -0.05) is 6.42 Å². The van der Waals surface area contributed by atoms with E-state index >= 15 is 0 Å². The summed E-state index contributed by atoms with van der Waals surface area (Å²) in [6.45, 7) is 3.13. The number of halogens is 2. The number of piperidine rings is 1. The second kappa shape index (κ2) is 6.00. The summed E-state index contributed by atoms with van der Waals surface area (Å²) in [6.07, 6.45) is 3.65. The Bertz CT molecular complexity index is 406. The summed E-state index contributed by atoms with van der Waals surface area (Å²) in [7, 11) is 0. The number of benzene rings is 1. The number of nitrogens with two attached hydrogens (primary N) is 1. The zero-order valence-electron chi connectivity index (χ0n) is 10.3. The predicted molar refractivity (Wildman–Crippen MR) is 66.6 cm³/mol. The molecule has 0 saturated carbocycles. The maximum absolute atomic E-state index is 13.4. The van der Waals surface area contributed by atoms with Crippen LogP contribution in [-0.2, 0) is 0 Å². The highest BCUT2D eigenvalue weighted by Crippen LogP contribution is 2.27. The van der Waals surface area contributed by atoms with Crippen molar-refractivity contribution in [2.75, 3.05) is 32.0 Å². The largest absolute Gasteiger partial charge is 0.487 e. The van der Waals surface area contributed by atoms with Crippen LogP contribution in [-0.4, -0.2) is 31.1 Å². The monoisotopic (exact) mass is 256 g/mol. The fourth-order valence-corrected chi connectivity index (χ4v) is 2.15. The fourth-order valence-electron chi connectivity index (χ4n) is 2.15. The van der Waals surface area contributed by atoms with E-state index in [0.29, 0.717) is 6.61 Å². The molecule has 2 N–H and O–H groups in total. The van der Waals surface area contributed by atoms with Crippen molar-refractivity contribution in [3.8, 4) is 5.75 Å². The molecule has 0 unspecified atom stereocenters. The summed E-state index contributed by atoms with van der Waals surface area (Å²) >= 11 is 0. The van der Waals surface area contributed by atoms with Gasteiger partial charge in [0.25, 0.3) is 0 Å². The number of nitrogen functional groups attached to an aromatic ring is 1. The third kappa shape index (κ3) is 3.10. The van der Waals surface area contributed by atoms with Gasteiger partial charge in [0.15, 0.2) is 11.6 Å². The van der Waals surface area contributed by atoms with E-state index in [9.17, 15) is 8.78 Å². The maximum Gasteiger partial charge on any atom is 0.202 e. The molecule has 1 aliphatic rings. The summed E-state index contributed by atoms with van der Waals surface area (Å²) < 4.78 is 31.7. The number of ether oxygens (including phenoxy) is 1. The quantitative estimate of drug-likeness (QED) is 0.841. The molecule has 0 atom stereocenters. The van der Waals surface area contributed by atoms with Crippen LogP contribution in [0.2, 0.25) is 0 Å². The number of anilines is 1. The van der Waals surface area contributed by atoms with Gasteiger partial charge in [-0.05, 0) is 38.1 Å². The van der Waals surface area contributed by atoms with Crippen LogP contribution < -0.4 is 10.5 Å². The summed E-state index contributed by atoms with van der Waals surface area (Å²) in [6, 6.07) is 2.32. The highest BCUT2D eigenvalue weighted by atomic mass is 19.2. The van der Waals surface area contributed by atoms with E-state index in [-0.39, 0.29) is 11.4 Å². The molecule has 1 heterocycles. The maximum atomic E-state index is 13.4. The highest BCUT2D eigenvalue weighted by Gasteiger charge is 2.14. The molecule has 2 rings (SSSR count). The Labute approximate surface area is 106 Å². The van der Waals surface area contributed by atoms with Gasteiger partial charge in [-0.3, -0.25) is 4.90 Å². The summed E-state index contributed by atoms with van der Waals surface area (Å²) in [5.41, 5.74) is 5.70. The molecular formula is C13H18F2N2O. The molecule has 0 aliphatic carbocycles. The number of rotatable bonds is 4. The fraction of sp³-hybridized carbons (Fsp3) is 0.538. The molecule has 1 fully saturated rings. The lowest BCUT2D eigenvalue weighted by Gasteiger charge is -2.26. The molecule has 1 saturated heterocycles. The number of likely N-dealkylation sites (tertiary alicyclic amines) is 1. The van der Waals surface area contributed by atoms with Gasteiger partial charge >= 0.3 is 0 Å². The standard InChI is InChI=1S/C13H18F2N2O/c14-10-4-5-11(16)13(12(10)15)18-9-8-17-6-2-1-3-7-17/h4-5H,1-3,6-9,16H2. The lowest BCUT2D eigenvalue weighted by Crippen LogP contribution is -2.33. The molecule has 0 bridgehead atoms. The first kappa shape index (κ1) is 13.1. The molecule has 0 aromatic heterocycles. The van der Waals surface area contributed by atoms with Gasteiger partial charge in [0.2, 0.25) is 5.82 Å². The average molecular weight is 256 g/mol. The Hall–Kier alpha value is -1.36. The van der Waals surface area contributed by atoms with Gasteiger partial charge in [0.1, 0.15) is 6.61 Å². The van der Waals surface area contributed by atoms with Crippen molar-refractivity contribution in [3.05, 3.63) is 23.8 Å². The lowest BCUT2D eigenvalue weighted by atomic mass is 10.1. The van der Waals surface area contributed by atoms with Crippen LogP contribution >= 0.6 is 0 Å². The van der Waals surface area contributed by atoms with Gasteiger partial charge in [-0.2, -0.15) is 4.39 Å². The van der Waals surface area contributed by atoms with E-state index in [4.69, 9.17) is 10.5 Å². The van der Waals surface area contributed by atoms with E-state index < -0.39 is 11.6 Å². The SMILES string of the molecule is Nc1ccc(F)c(F)c1OCCN1CCCCC1. The van der Waals surface area contributed by atoms with Crippen LogP contribution in [0.15, 0.2) is 12.1 Å². The number of hydrogen-bond acceptors (Lipinski definition) is 3. The van der Waals surface area contributed by atoms with E-state index in [1.807, 2.05) is 0 Å². The van der Waals surface area contributed by atoms with Crippen molar-refractivity contribution < 1.29 is 13.5 Å². The Morgan fingerprint density at radius 1 is 1.17 bits per heavy atom. The van der Waals surface area contributed by atoms with Crippen molar-refractivity contribution in [1.29, 1.82) is 0 Å². The molecule has 1 aromatic rings. The Morgan fingerprint density at radius 2 is 1.89 bits per heavy atom. The van der Waals surface area contributed by atoms with Crippen molar-refractivity contribution >= 4 is 5.69 Å². The van der Waals surface area contributed by atoms with Crippen LogP contribution in [0.1, 0.15) is 19.3 Å². The zero-order chi connectivity index (χ0) is 13.0. The Morgan fingerprint density at radius 3 is 2.61 bits per heavy atom. The van der Waals surface area contributed by atoms with E-state index in [2.05, 4.69) is 4.90 Å². The minimum atomic E-state index is -1.01. The molecule has 0 radical (unpaired) electrons. The third-order valence-corrected chi connectivity index (χ3v) is 3.18. The van der Waals surface area contributed by atoms with Crippen molar-refractivity contribution in [3.63, 3.8) is 0 Å². The zero-order valence-corrected chi connectivity index (χ0v) is 10.3. The highest BCUT2D eigenvalue weighted by molar-refractivity contribution is 5.53. The van der Waals surface area contributed by atoms with Crippen LogP contribution in [0, 0.1) is 11.6 Å². The number of hydrogen-bond donors (Lipinski definition) is 1. The second-order valence-electron chi connectivity index (χ2n) is 4.53. The normalized spacial score (nSPS) is 16.8. The van der Waals surface area contributed by atoms with Gasteiger partial charge in [0.05, 0.1) is 5.69 Å². The minimum absolute atomic E-state index is 0.132. The summed E-state index contributed by atoms with van der Waals surface area (Å²) in [5.74, 6) is -2.11. The molecular weight excluding hydrogens is 238 g/mol. The van der Waals surface area contributed by atoms with Gasteiger partial charge in [-0.25, -0.2) is 4.39 Å². The first-order valence-electron chi connectivity index (χ1n) is 6.27. The molecule has 5 heteroatoms. The van der Waals surface area contributed by atoms with Crippen molar-refractivity contribution in [1.82, 2.24) is 4.90 Å². The lowest BCUT2D eigenvalue weighted by molar-refractivity contribution is 0.180. The smallest absolute Gasteiger partial charge is 0.202 e. The van der Waals surface area contributed by atoms with Gasteiger partial charge in [0, 0.05) is 6.54 Å². The molecule has 18 heavy (non-hydrogen) atoms. The summed E-state index contributed by atoms with van der Waals surface area (Å²) in [4.78, 5) is 2.26. The van der Waals surface area contributed by atoms with Crippen molar-refractivity contribution in [2.45, 2.75) is 19.3 Å². The molecule has 3 nitrogen and oxygen atoms in total. The van der Waals surface area contributed by atoms with E-state index in [1.165, 1.54) is 25.3 Å². The second-order valence-corrected chi connectivity index (χ2v) is 4.53. The van der Waals surface area contributed by atoms with Crippen LogP contribution in [0.25, 0.3) is 0 Å². The summed E-state index contributed by atoms with van der Waals surface area (Å²) in [5, 5.41) is 0. The van der Waals surface area contributed by atoms with Gasteiger partial charge < -0.3 is 10.5 Å². The minimum Gasteiger partial charge on any atom is -0.487 e. The topological polar surface area (TPSA) is 38.5 Å². The molecule has 0 amide bonds. The molecule has 1 aromatic carbocycles. The van der Waals surface area contributed by atoms with Crippen molar-refractivity contribution in [2.24, 2.45) is 0 Å². The van der Waals surface area contributed by atoms with E-state index in [0.717, 1.165) is 25.7 Å². The molecule has 1 aliphatic heterocycles. The third-order valence-electron chi connectivity index (χ3n) is 3.18. The van der Waals surface area contributed by atoms with Crippen LogP contribution in [0.5, 0.6) is 5.75 Å². The Kier molecular flexibility index (Phi) is 4.36. The average Bonchev–Trinajstić information content (AvgIpc) is 2.39.